The molecule has 0 bridgehead atoms. The second kappa shape index (κ2) is 8.38. The smallest absolute Gasteiger partial charge is 0.255 e. The third kappa shape index (κ3) is 4.37. The number of hydrogen-bond acceptors (Lipinski definition) is 3. The van der Waals surface area contributed by atoms with Crippen LogP contribution >= 0.6 is 11.6 Å². The van der Waals surface area contributed by atoms with Crippen molar-refractivity contribution in [2.24, 2.45) is 0 Å². The summed E-state index contributed by atoms with van der Waals surface area (Å²) < 4.78 is 0. The molecule has 0 saturated carbocycles. The maximum Gasteiger partial charge on any atom is 0.255 e. The van der Waals surface area contributed by atoms with Crippen LogP contribution in [0.3, 0.4) is 0 Å². The summed E-state index contributed by atoms with van der Waals surface area (Å²) in [6, 6.07) is 20.3. The fourth-order valence-corrected chi connectivity index (χ4v) is 2.87. The van der Waals surface area contributed by atoms with Crippen molar-refractivity contribution in [1.82, 2.24) is 0 Å². The number of nitriles is 1. The first-order chi connectivity index (χ1) is 13.5. The first-order valence-electron chi connectivity index (χ1n) is 8.46. The molecule has 0 unspecified atom stereocenters. The lowest BCUT2D eigenvalue weighted by Gasteiger charge is -2.10. The Morgan fingerprint density at radius 2 is 1.50 bits per heavy atom. The summed E-state index contributed by atoms with van der Waals surface area (Å²) in [6.45, 7) is 1.85. The van der Waals surface area contributed by atoms with E-state index in [2.05, 4.69) is 10.6 Å². The van der Waals surface area contributed by atoms with Crippen molar-refractivity contribution in [1.29, 1.82) is 5.26 Å². The largest absolute Gasteiger partial charge is 0.322 e. The molecular weight excluding hydrogens is 374 g/mol. The first-order valence-corrected chi connectivity index (χ1v) is 8.84. The van der Waals surface area contributed by atoms with Gasteiger partial charge in [0.2, 0.25) is 0 Å². The van der Waals surface area contributed by atoms with Gasteiger partial charge in [-0.15, -0.1) is 0 Å². The van der Waals surface area contributed by atoms with E-state index in [0.717, 1.165) is 5.56 Å². The summed E-state index contributed by atoms with van der Waals surface area (Å²) in [5.74, 6) is -0.738. The van der Waals surface area contributed by atoms with Crippen molar-refractivity contribution in [3.63, 3.8) is 0 Å². The molecule has 0 saturated heterocycles. The van der Waals surface area contributed by atoms with Gasteiger partial charge < -0.3 is 10.6 Å². The number of amides is 2. The van der Waals surface area contributed by atoms with E-state index < -0.39 is 5.91 Å². The lowest BCUT2D eigenvalue weighted by molar-refractivity contribution is 0.102. The van der Waals surface area contributed by atoms with Crippen LogP contribution in [0.4, 0.5) is 11.4 Å². The molecule has 0 atom stereocenters. The van der Waals surface area contributed by atoms with Gasteiger partial charge in [0.15, 0.2) is 0 Å². The lowest BCUT2D eigenvalue weighted by atomic mass is 10.1. The summed E-state index contributed by atoms with van der Waals surface area (Å²) >= 11 is 5.94. The molecule has 0 radical (unpaired) electrons. The van der Waals surface area contributed by atoms with E-state index in [-0.39, 0.29) is 5.91 Å². The second-order valence-corrected chi connectivity index (χ2v) is 6.54. The van der Waals surface area contributed by atoms with Crippen molar-refractivity contribution >= 4 is 34.8 Å². The van der Waals surface area contributed by atoms with Crippen LogP contribution in [0, 0.1) is 18.3 Å². The molecule has 3 rings (SSSR count). The minimum absolute atomic E-state index is 0.313. The number of carbonyl (C=O) groups is 2. The van der Waals surface area contributed by atoms with Crippen LogP contribution in [0.5, 0.6) is 0 Å². The number of para-hydroxylation sites is 1. The second-order valence-electron chi connectivity index (χ2n) is 6.11. The Balaban J connectivity index is 1.78. The number of halogens is 1. The van der Waals surface area contributed by atoms with Crippen molar-refractivity contribution in [2.75, 3.05) is 10.6 Å². The van der Waals surface area contributed by atoms with Crippen LogP contribution in [0.1, 0.15) is 31.8 Å². The van der Waals surface area contributed by atoms with Gasteiger partial charge in [0.1, 0.15) is 6.07 Å². The molecule has 28 heavy (non-hydrogen) atoms. The van der Waals surface area contributed by atoms with E-state index in [9.17, 15) is 9.59 Å². The molecular formula is C22H16ClN3O2. The van der Waals surface area contributed by atoms with Gasteiger partial charge in [-0.25, -0.2) is 0 Å². The minimum Gasteiger partial charge on any atom is -0.322 e. The number of rotatable bonds is 4. The number of anilines is 2. The van der Waals surface area contributed by atoms with Gasteiger partial charge in [-0.3, -0.25) is 9.59 Å². The number of nitrogens with one attached hydrogen (secondary N) is 2. The van der Waals surface area contributed by atoms with Crippen molar-refractivity contribution < 1.29 is 9.59 Å². The monoisotopic (exact) mass is 389 g/mol. The van der Waals surface area contributed by atoms with E-state index >= 15 is 0 Å². The highest BCUT2D eigenvalue weighted by molar-refractivity contribution is 6.30. The predicted octanol–water partition coefficient (Wildman–Crippen LogP) is 5.02. The molecule has 0 aliphatic heterocycles. The molecule has 0 aromatic heterocycles. The maximum absolute atomic E-state index is 12.6. The van der Waals surface area contributed by atoms with Crippen LogP contribution in [-0.2, 0) is 0 Å². The molecule has 2 N–H and O–H groups in total. The maximum atomic E-state index is 12.6. The zero-order chi connectivity index (χ0) is 20.1. The topological polar surface area (TPSA) is 82.0 Å². The average molecular weight is 390 g/mol. The van der Waals surface area contributed by atoms with Crippen molar-refractivity contribution in [3.05, 3.63) is 94.0 Å². The Morgan fingerprint density at radius 1 is 0.857 bits per heavy atom. The molecule has 5 nitrogen and oxygen atoms in total. The molecule has 138 valence electrons. The molecule has 0 heterocycles. The minimum atomic E-state index is -0.403. The van der Waals surface area contributed by atoms with Crippen LogP contribution in [0.25, 0.3) is 0 Å². The highest BCUT2D eigenvalue weighted by atomic mass is 35.5. The Labute approximate surface area is 167 Å². The number of benzene rings is 3. The first kappa shape index (κ1) is 19.2. The Kier molecular flexibility index (Phi) is 5.73. The van der Waals surface area contributed by atoms with Crippen LogP contribution in [-0.4, -0.2) is 11.8 Å². The summed E-state index contributed by atoms with van der Waals surface area (Å²) in [7, 11) is 0. The fourth-order valence-electron chi connectivity index (χ4n) is 2.65. The zero-order valence-corrected chi connectivity index (χ0v) is 15.7. The number of carbonyl (C=O) groups excluding carboxylic acids is 2. The molecule has 0 spiro atoms. The van der Waals surface area contributed by atoms with Crippen LogP contribution in [0.15, 0.2) is 66.7 Å². The Bertz CT molecular complexity index is 1100. The average Bonchev–Trinajstić information content (AvgIpc) is 2.70. The number of nitrogens with zero attached hydrogens (tertiary/aromatic N) is 1. The Morgan fingerprint density at radius 3 is 2.14 bits per heavy atom. The molecule has 3 aromatic carbocycles. The third-order valence-electron chi connectivity index (χ3n) is 4.12. The Hall–Kier alpha value is -3.62. The van der Waals surface area contributed by atoms with Gasteiger partial charge in [-0.2, -0.15) is 5.26 Å². The molecule has 2 amide bonds. The molecule has 0 aliphatic rings. The van der Waals surface area contributed by atoms with E-state index in [1.165, 1.54) is 6.07 Å². The van der Waals surface area contributed by atoms with E-state index in [1.807, 2.05) is 13.0 Å². The number of aryl methyl sites for hydroxylation is 1. The van der Waals surface area contributed by atoms with E-state index in [1.54, 1.807) is 60.7 Å². The summed E-state index contributed by atoms with van der Waals surface area (Å²) in [6.07, 6.45) is 0. The van der Waals surface area contributed by atoms with Gasteiger partial charge >= 0.3 is 0 Å². The number of hydrogen-bond donors (Lipinski definition) is 2. The molecule has 0 aliphatic carbocycles. The lowest BCUT2D eigenvalue weighted by Crippen LogP contribution is -2.16. The standard InChI is InChI=1S/C22H16ClN3O2/c1-14-11-18(23)9-10-19(14)25-21(27)15-6-4-7-16(12-15)22(28)26-20-8-3-2-5-17(20)13-24/h2-12H,1H3,(H,25,27)(H,26,28). The molecule has 3 aromatic rings. The predicted molar refractivity (Wildman–Crippen MR) is 110 cm³/mol. The van der Waals surface area contributed by atoms with Gasteiger partial charge in [-0.05, 0) is 61.0 Å². The van der Waals surface area contributed by atoms with Crippen LogP contribution < -0.4 is 10.6 Å². The van der Waals surface area contributed by atoms with Gasteiger partial charge in [0, 0.05) is 21.8 Å². The highest BCUT2D eigenvalue weighted by Gasteiger charge is 2.13. The highest BCUT2D eigenvalue weighted by Crippen LogP contribution is 2.21. The third-order valence-corrected chi connectivity index (χ3v) is 4.35. The molecule has 6 heteroatoms. The van der Waals surface area contributed by atoms with Crippen molar-refractivity contribution in [3.8, 4) is 6.07 Å². The van der Waals surface area contributed by atoms with E-state index in [4.69, 9.17) is 16.9 Å². The molecule has 0 fully saturated rings. The van der Waals surface area contributed by atoms with Gasteiger partial charge in [-0.1, -0.05) is 29.8 Å². The van der Waals surface area contributed by atoms with E-state index in [0.29, 0.717) is 33.1 Å². The summed E-state index contributed by atoms with van der Waals surface area (Å²) in [5.41, 5.74) is 2.92. The quantitative estimate of drug-likeness (QED) is 0.656. The fraction of sp³-hybridized carbons (Fsp3) is 0.0455. The van der Waals surface area contributed by atoms with Gasteiger partial charge in [0.05, 0.1) is 11.3 Å². The SMILES string of the molecule is Cc1cc(Cl)ccc1NC(=O)c1cccc(C(=O)Nc2ccccc2C#N)c1. The van der Waals surface area contributed by atoms with Crippen molar-refractivity contribution in [2.45, 2.75) is 6.92 Å². The van der Waals surface area contributed by atoms with Gasteiger partial charge in [0.25, 0.3) is 11.8 Å². The summed E-state index contributed by atoms with van der Waals surface area (Å²) in [4.78, 5) is 25.1. The summed E-state index contributed by atoms with van der Waals surface area (Å²) in [5, 5.41) is 15.2. The van der Waals surface area contributed by atoms with Crippen LogP contribution in [0.2, 0.25) is 5.02 Å². The normalized spacial score (nSPS) is 10.0. The zero-order valence-electron chi connectivity index (χ0n) is 15.0.